The predicted octanol–water partition coefficient (Wildman–Crippen LogP) is 3.27. The van der Waals surface area contributed by atoms with E-state index in [1.165, 1.54) is 0 Å². The zero-order valence-electron chi connectivity index (χ0n) is 12.4. The van der Waals surface area contributed by atoms with Crippen LogP contribution in [-0.2, 0) is 22.7 Å². The SMILES string of the molecule is CCC(C)C(=O)NCc1cccc(COC(C)C)c1. The van der Waals surface area contributed by atoms with Crippen molar-refractivity contribution < 1.29 is 9.53 Å². The molecule has 3 nitrogen and oxygen atoms in total. The zero-order valence-corrected chi connectivity index (χ0v) is 12.4. The molecule has 0 saturated heterocycles. The Hall–Kier alpha value is -1.35. The molecule has 1 aromatic rings. The number of hydrogen-bond donors (Lipinski definition) is 1. The smallest absolute Gasteiger partial charge is 0.223 e. The fraction of sp³-hybridized carbons (Fsp3) is 0.562. The Morgan fingerprint density at radius 1 is 1.26 bits per heavy atom. The van der Waals surface area contributed by atoms with Gasteiger partial charge in [-0.05, 0) is 31.4 Å². The van der Waals surface area contributed by atoms with Crippen LogP contribution in [0, 0.1) is 5.92 Å². The molecular weight excluding hydrogens is 238 g/mol. The van der Waals surface area contributed by atoms with E-state index >= 15 is 0 Å². The molecule has 1 N–H and O–H groups in total. The molecule has 1 amide bonds. The summed E-state index contributed by atoms with van der Waals surface area (Å²) in [6.07, 6.45) is 1.10. The molecule has 0 radical (unpaired) electrons. The average molecular weight is 263 g/mol. The first-order valence-corrected chi connectivity index (χ1v) is 7.00. The molecule has 1 rings (SSSR count). The second-order valence-electron chi connectivity index (χ2n) is 5.21. The largest absolute Gasteiger partial charge is 0.374 e. The summed E-state index contributed by atoms with van der Waals surface area (Å²) in [4.78, 5) is 11.7. The highest BCUT2D eigenvalue weighted by Crippen LogP contribution is 2.08. The van der Waals surface area contributed by atoms with Crippen LogP contribution in [0.2, 0.25) is 0 Å². The van der Waals surface area contributed by atoms with E-state index in [2.05, 4.69) is 11.4 Å². The maximum absolute atomic E-state index is 11.7. The number of amides is 1. The molecule has 19 heavy (non-hydrogen) atoms. The van der Waals surface area contributed by atoms with Gasteiger partial charge in [-0.3, -0.25) is 4.79 Å². The summed E-state index contributed by atoms with van der Waals surface area (Å²) in [6, 6.07) is 8.15. The van der Waals surface area contributed by atoms with Crippen molar-refractivity contribution in [2.24, 2.45) is 5.92 Å². The lowest BCUT2D eigenvalue weighted by molar-refractivity contribution is -0.124. The quantitative estimate of drug-likeness (QED) is 0.820. The van der Waals surface area contributed by atoms with Crippen LogP contribution in [0.3, 0.4) is 0 Å². The summed E-state index contributed by atoms with van der Waals surface area (Å²) in [5.41, 5.74) is 2.26. The van der Waals surface area contributed by atoms with Crippen LogP contribution in [0.5, 0.6) is 0 Å². The lowest BCUT2D eigenvalue weighted by atomic mass is 10.1. The third kappa shape index (κ3) is 5.88. The molecule has 0 spiro atoms. The van der Waals surface area contributed by atoms with Gasteiger partial charge in [0.1, 0.15) is 0 Å². The number of ether oxygens (including phenoxy) is 1. The van der Waals surface area contributed by atoms with Crippen LogP contribution >= 0.6 is 0 Å². The maximum atomic E-state index is 11.7. The minimum Gasteiger partial charge on any atom is -0.374 e. The van der Waals surface area contributed by atoms with Gasteiger partial charge in [0.25, 0.3) is 0 Å². The lowest BCUT2D eigenvalue weighted by Gasteiger charge is -2.11. The van der Waals surface area contributed by atoms with E-state index in [1.807, 2.05) is 45.9 Å². The van der Waals surface area contributed by atoms with E-state index in [0.29, 0.717) is 13.2 Å². The van der Waals surface area contributed by atoms with Crippen LogP contribution in [-0.4, -0.2) is 12.0 Å². The highest BCUT2D eigenvalue weighted by Gasteiger charge is 2.09. The first-order valence-electron chi connectivity index (χ1n) is 7.00. The number of carbonyl (C=O) groups is 1. The van der Waals surface area contributed by atoms with Gasteiger partial charge in [0.2, 0.25) is 5.91 Å². The second kappa shape index (κ2) is 7.95. The average Bonchev–Trinajstić information content (AvgIpc) is 2.42. The Bertz CT molecular complexity index is 401. The highest BCUT2D eigenvalue weighted by atomic mass is 16.5. The Balaban J connectivity index is 2.50. The van der Waals surface area contributed by atoms with E-state index in [9.17, 15) is 4.79 Å². The van der Waals surface area contributed by atoms with Crippen molar-refractivity contribution in [3.8, 4) is 0 Å². The maximum Gasteiger partial charge on any atom is 0.223 e. The van der Waals surface area contributed by atoms with Gasteiger partial charge in [-0.1, -0.05) is 38.1 Å². The van der Waals surface area contributed by atoms with Crippen molar-refractivity contribution in [2.75, 3.05) is 0 Å². The van der Waals surface area contributed by atoms with E-state index in [-0.39, 0.29) is 17.9 Å². The van der Waals surface area contributed by atoms with Gasteiger partial charge in [-0.15, -0.1) is 0 Å². The molecule has 106 valence electrons. The Morgan fingerprint density at radius 2 is 1.95 bits per heavy atom. The molecular formula is C16H25NO2. The number of carbonyl (C=O) groups excluding carboxylic acids is 1. The van der Waals surface area contributed by atoms with Gasteiger partial charge in [-0.25, -0.2) is 0 Å². The normalized spacial score (nSPS) is 12.5. The molecule has 0 aliphatic rings. The van der Waals surface area contributed by atoms with E-state index in [1.54, 1.807) is 0 Å². The van der Waals surface area contributed by atoms with Crippen LogP contribution in [0.15, 0.2) is 24.3 Å². The van der Waals surface area contributed by atoms with Crippen LogP contribution in [0.1, 0.15) is 45.2 Å². The fourth-order valence-corrected chi connectivity index (χ4v) is 1.64. The van der Waals surface area contributed by atoms with Gasteiger partial charge in [-0.2, -0.15) is 0 Å². The van der Waals surface area contributed by atoms with Crippen LogP contribution in [0.4, 0.5) is 0 Å². The van der Waals surface area contributed by atoms with Crippen molar-refractivity contribution in [3.63, 3.8) is 0 Å². The zero-order chi connectivity index (χ0) is 14.3. The van der Waals surface area contributed by atoms with E-state index < -0.39 is 0 Å². The van der Waals surface area contributed by atoms with Crippen molar-refractivity contribution in [2.45, 2.75) is 53.4 Å². The monoisotopic (exact) mass is 263 g/mol. The summed E-state index contributed by atoms with van der Waals surface area (Å²) in [7, 11) is 0. The van der Waals surface area contributed by atoms with Gasteiger partial charge in [0.15, 0.2) is 0 Å². The molecule has 0 saturated carbocycles. The third-order valence-electron chi connectivity index (χ3n) is 3.10. The molecule has 0 aliphatic heterocycles. The van der Waals surface area contributed by atoms with Crippen molar-refractivity contribution in [3.05, 3.63) is 35.4 Å². The number of nitrogens with one attached hydrogen (secondary N) is 1. The standard InChI is InChI=1S/C16H25NO2/c1-5-13(4)16(18)17-10-14-7-6-8-15(9-14)11-19-12(2)3/h6-9,12-13H,5,10-11H2,1-4H3,(H,17,18). The van der Waals surface area contributed by atoms with Gasteiger partial charge < -0.3 is 10.1 Å². The van der Waals surface area contributed by atoms with Crippen LogP contribution < -0.4 is 5.32 Å². The molecule has 0 aromatic heterocycles. The summed E-state index contributed by atoms with van der Waals surface area (Å²) in [6.45, 7) is 9.21. The third-order valence-corrected chi connectivity index (χ3v) is 3.10. The molecule has 0 bridgehead atoms. The fourth-order valence-electron chi connectivity index (χ4n) is 1.64. The lowest BCUT2D eigenvalue weighted by Crippen LogP contribution is -2.28. The van der Waals surface area contributed by atoms with E-state index in [4.69, 9.17) is 4.74 Å². The summed E-state index contributed by atoms with van der Waals surface area (Å²) in [5, 5.41) is 2.96. The van der Waals surface area contributed by atoms with E-state index in [0.717, 1.165) is 17.5 Å². The number of hydrogen-bond acceptors (Lipinski definition) is 2. The molecule has 0 fully saturated rings. The van der Waals surface area contributed by atoms with Gasteiger partial charge >= 0.3 is 0 Å². The Labute approximate surface area is 116 Å². The number of benzene rings is 1. The van der Waals surface area contributed by atoms with Crippen molar-refractivity contribution >= 4 is 5.91 Å². The number of rotatable bonds is 7. The van der Waals surface area contributed by atoms with Crippen molar-refractivity contribution in [1.82, 2.24) is 5.32 Å². The minimum absolute atomic E-state index is 0.0763. The summed E-state index contributed by atoms with van der Waals surface area (Å²) >= 11 is 0. The molecule has 1 unspecified atom stereocenters. The molecule has 3 heteroatoms. The minimum atomic E-state index is 0.0763. The molecule has 1 aromatic carbocycles. The van der Waals surface area contributed by atoms with Crippen molar-refractivity contribution in [1.29, 1.82) is 0 Å². The predicted molar refractivity (Wildman–Crippen MR) is 77.7 cm³/mol. The Morgan fingerprint density at radius 3 is 2.58 bits per heavy atom. The molecule has 1 atom stereocenters. The second-order valence-corrected chi connectivity index (χ2v) is 5.21. The summed E-state index contributed by atoms with van der Waals surface area (Å²) < 4.78 is 5.58. The first-order chi connectivity index (χ1) is 9.02. The molecule has 0 aliphatic carbocycles. The van der Waals surface area contributed by atoms with Gasteiger partial charge in [0.05, 0.1) is 12.7 Å². The highest BCUT2D eigenvalue weighted by molar-refractivity contribution is 5.78. The Kier molecular flexibility index (Phi) is 6.57. The topological polar surface area (TPSA) is 38.3 Å². The summed E-state index contributed by atoms with van der Waals surface area (Å²) in [5.74, 6) is 0.193. The first kappa shape index (κ1) is 15.7. The molecule has 0 heterocycles. The van der Waals surface area contributed by atoms with Gasteiger partial charge in [0, 0.05) is 12.5 Å². The van der Waals surface area contributed by atoms with Crippen LogP contribution in [0.25, 0.3) is 0 Å².